The summed E-state index contributed by atoms with van der Waals surface area (Å²) in [6.07, 6.45) is 4.95. The van der Waals surface area contributed by atoms with Crippen LogP contribution in [-0.2, 0) is 26.0 Å². The molecule has 3 aromatic rings. The van der Waals surface area contributed by atoms with Crippen molar-refractivity contribution in [3.05, 3.63) is 70.0 Å². The Morgan fingerprint density at radius 2 is 1.66 bits per heavy atom. The van der Waals surface area contributed by atoms with Crippen molar-refractivity contribution in [2.24, 2.45) is 5.92 Å². The zero-order valence-electron chi connectivity index (χ0n) is 25.7. The molecule has 1 saturated heterocycles. The van der Waals surface area contributed by atoms with Crippen molar-refractivity contribution in [2.75, 3.05) is 27.4 Å². The fourth-order valence-corrected chi connectivity index (χ4v) is 7.51. The Kier molecular flexibility index (Phi) is 11.3. The minimum Gasteiger partial charge on any atom is -0.493 e. The first-order valence-electron chi connectivity index (χ1n) is 15.0. The summed E-state index contributed by atoms with van der Waals surface area (Å²) in [7, 11) is -1.35. The lowest BCUT2D eigenvalue weighted by Crippen LogP contribution is -2.48. The van der Waals surface area contributed by atoms with Crippen LogP contribution in [0, 0.1) is 5.92 Å². The molecule has 0 amide bonds. The van der Waals surface area contributed by atoms with Crippen molar-refractivity contribution < 1.29 is 45.7 Å². The number of alkyl halides is 2. The maximum absolute atomic E-state index is 14.0. The third-order valence-corrected chi connectivity index (χ3v) is 10.6. The zero-order chi connectivity index (χ0) is 33.7. The van der Waals surface area contributed by atoms with Crippen LogP contribution < -0.4 is 18.9 Å². The number of rotatable bonds is 14. The topological polar surface area (TPSA) is 113 Å². The molecular weight excluding hydrogens is 681 g/mol. The first kappa shape index (κ1) is 34.9. The van der Waals surface area contributed by atoms with Gasteiger partial charge in [0.1, 0.15) is 12.1 Å². The van der Waals surface area contributed by atoms with Gasteiger partial charge in [-0.3, -0.25) is 9.78 Å². The normalized spacial score (nSPS) is 17.6. The molecule has 2 fully saturated rings. The first-order chi connectivity index (χ1) is 22.5. The number of carbonyl (C=O) groups excluding carboxylic acids is 1. The summed E-state index contributed by atoms with van der Waals surface area (Å²) in [6.45, 7) is -2.69. The number of sulfonamides is 1. The fourth-order valence-electron chi connectivity index (χ4n) is 5.33. The van der Waals surface area contributed by atoms with Crippen molar-refractivity contribution in [3.8, 4) is 23.0 Å². The van der Waals surface area contributed by atoms with Crippen molar-refractivity contribution in [2.45, 2.75) is 62.2 Å². The van der Waals surface area contributed by atoms with E-state index in [-0.39, 0.29) is 51.6 Å². The number of halogens is 4. The quantitative estimate of drug-likeness (QED) is 0.165. The average Bonchev–Trinajstić information content (AvgIpc) is 3.89. The SMILES string of the molecule is COc1ccc(S(=O)(=O)N2CCCCC2C(=O)OC(Cc2c(Cl)cncc2Cl)c2ccc(OC(F)F)c(OCC3CC3)c2)cc1OC. The van der Waals surface area contributed by atoms with Gasteiger partial charge >= 0.3 is 12.6 Å². The largest absolute Gasteiger partial charge is 0.493 e. The highest BCUT2D eigenvalue weighted by Crippen LogP contribution is 2.39. The van der Waals surface area contributed by atoms with Gasteiger partial charge in [-0.05, 0) is 73.4 Å². The van der Waals surface area contributed by atoms with Gasteiger partial charge in [-0.25, -0.2) is 8.42 Å². The molecule has 1 aromatic heterocycles. The molecular formula is C32H34Cl2F2N2O8S. The Bertz CT molecular complexity index is 1670. The maximum Gasteiger partial charge on any atom is 0.387 e. The van der Waals surface area contributed by atoms with E-state index in [1.54, 1.807) is 0 Å². The molecule has 2 heterocycles. The first-order valence-corrected chi connectivity index (χ1v) is 17.1. The van der Waals surface area contributed by atoms with E-state index in [0.29, 0.717) is 42.2 Å². The summed E-state index contributed by atoms with van der Waals surface area (Å²) < 4.78 is 82.5. The van der Waals surface area contributed by atoms with E-state index in [0.717, 1.165) is 17.1 Å². The van der Waals surface area contributed by atoms with Crippen LogP contribution in [0.4, 0.5) is 8.78 Å². The maximum atomic E-state index is 14.0. The third kappa shape index (κ3) is 8.37. The van der Waals surface area contributed by atoms with Crippen LogP contribution in [0.2, 0.25) is 10.0 Å². The van der Waals surface area contributed by atoms with Crippen molar-refractivity contribution in [1.82, 2.24) is 9.29 Å². The molecule has 2 aliphatic rings. The van der Waals surface area contributed by atoms with Gasteiger partial charge in [-0.1, -0.05) is 29.3 Å². The number of hydrogen-bond acceptors (Lipinski definition) is 9. The highest BCUT2D eigenvalue weighted by Gasteiger charge is 2.40. The minimum atomic E-state index is -4.18. The minimum absolute atomic E-state index is 0.0296. The lowest BCUT2D eigenvalue weighted by atomic mass is 10.0. The predicted molar refractivity (Wildman–Crippen MR) is 169 cm³/mol. The van der Waals surface area contributed by atoms with Gasteiger partial charge < -0.3 is 23.7 Å². The van der Waals surface area contributed by atoms with E-state index >= 15 is 0 Å². The summed E-state index contributed by atoms with van der Waals surface area (Å²) in [5, 5.41) is 0.438. The summed E-state index contributed by atoms with van der Waals surface area (Å²) >= 11 is 12.9. The standard InChI is InChI=1S/C32H34Cl2F2N2O8S/c1-42-26-11-9-21(14-29(26)43-2)47(40,41)38-12-4-3-5-25(38)31(39)45-28(15-22-23(33)16-37-17-24(22)34)20-8-10-27(46-32(35)36)30(13-20)44-18-19-6-7-19/h8-11,13-14,16-17,19,25,28,32H,3-7,12,15,18H2,1-2H3. The van der Waals surface area contributed by atoms with Gasteiger partial charge in [0.2, 0.25) is 10.0 Å². The van der Waals surface area contributed by atoms with E-state index in [9.17, 15) is 22.0 Å². The second-order valence-electron chi connectivity index (χ2n) is 11.2. The Morgan fingerprint density at radius 3 is 2.32 bits per heavy atom. The van der Waals surface area contributed by atoms with Crippen LogP contribution in [0.5, 0.6) is 23.0 Å². The molecule has 15 heteroatoms. The molecule has 10 nitrogen and oxygen atoms in total. The summed E-state index contributed by atoms with van der Waals surface area (Å²) in [5.74, 6) is -0.0380. The van der Waals surface area contributed by atoms with Crippen molar-refractivity contribution >= 4 is 39.2 Å². The number of pyridine rings is 1. The molecule has 5 rings (SSSR count). The van der Waals surface area contributed by atoms with E-state index in [1.807, 2.05) is 0 Å². The molecule has 0 N–H and O–H groups in total. The number of piperidine rings is 1. The molecule has 2 atom stereocenters. The van der Waals surface area contributed by atoms with E-state index in [2.05, 4.69) is 9.72 Å². The molecule has 1 aliphatic carbocycles. The number of aromatic nitrogens is 1. The number of ether oxygens (including phenoxy) is 5. The summed E-state index contributed by atoms with van der Waals surface area (Å²) in [4.78, 5) is 17.9. The number of methoxy groups -OCH3 is 2. The van der Waals surface area contributed by atoms with Crippen LogP contribution in [0.15, 0.2) is 53.7 Å². The van der Waals surface area contributed by atoms with E-state index < -0.39 is 34.7 Å². The monoisotopic (exact) mass is 714 g/mol. The van der Waals surface area contributed by atoms with Crippen LogP contribution in [0.3, 0.4) is 0 Å². The summed E-state index contributed by atoms with van der Waals surface area (Å²) in [5.41, 5.74) is 0.799. The average molecular weight is 716 g/mol. The lowest BCUT2D eigenvalue weighted by molar-refractivity contribution is -0.155. The highest BCUT2D eigenvalue weighted by atomic mass is 35.5. The number of benzene rings is 2. The number of esters is 1. The van der Waals surface area contributed by atoms with Gasteiger partial charge in [0.15, 0.2) is 23.0 Å². The van der Waals surface area contributed by atoms with Crippen LogP contribution >= 0.6 is 23.2 Å². The Morgan fingerprint density at radius 1 is 0.957 bits per heavy atom. The molecule has 254 valence electrons. The number of carbonyl (C=O) groups is 1. The second-order valence-corrected chi connectivity index (χ2v) is 13.9. The van der Waals surface area contributed by atoms with Gasteiger partial charge in [0.25, 0.3) is 0 Å². The molecule has 47 heavy (non-hydrogen) atoms. The van der Waals surface area contributed by atoms with Gasteiger partial charge in [-0.2, -0.15) is 13.1 Å². The molecule has 1 saturated carbocycles. The lowest BCUT2D eigenvalue weighted by Gasteiger charge is -2.34. The highest BCUT2D eigenvalue weighted by molar-refractivity contribution is 7.89. The van der Waals surface area contributed by atoms with Crippen LogP contribution in [0.1, 0.15) is 49.3 Å². The van der Waals surface area contributed by atoms with E-state index in [4.69, 9.17) is 42.1 Å². The number of nitrogens with zero attached hydrogens (tertiary/aromatic N) is 2. The van der Waals surface area contributed by atoms with Gasteiger partial charge in [0, 0.05) is 31.4 Å². The predicted octanol–water partition coefficient (Wildman–Crippen LogP) is 6.87. The fraction of sp³-hybridized carbons (Fsp3) is 0.438. The van der Waals surface area contributed by atoms with Crippen molar-refractivity contribution in [1.29, 1.82) is 0 Å². The van der Waals surface area contributed by atoms with Crippen LogP contribution in [0.25, 0.3) is 0 Å². The molecule has 0 spiro atoms. The smallest absolute Gasteiger partial charge is 0.387 e. The van der Waals surface area contributed by atoms with Gasteiger partial charge in [0.05, 0.1) is 35.8 Å². The second kappa shape index (κ2) is 15.2. The molecule has 2 unspecified atom stereocenters. The molecule has 0 radical (unpaired) electrons. The zero-order valence-corrected chi connectivity index (χ0v) is 28.0. The summed E-state index contributed by atoms with van der Waals surface area (Å²) in [6, 6.07) is 7.31. The Balaban J connectivity index is 1.48. The Labute approximate surface area is 281 Å². The third-order valence-electron chi connectivity index (χ3n) is 8.01. The molecule has 1 aliphatic heterocycles. The van der Waals surface area contributed by atoms with E-state index in [1.165, 1.54) is 63.0 Å². The number of hydrogen-bond donors (Lipinski definition) is 0. The van der Waals surface area contributed by atoms with Crippen molar-refractivity contribution in [3.63, 3.8) is 0 Å². The molecule has 0 bridgehead atoms. The van der Waals surface area contributed by atoms with Gasteiger partial charge in [-0.15, -0.1) is 0 Å². The van der Waals surface area contributed by atoms with Crippen LogP contribution in [-0.4, -0.2) is 63.7 Å². The Hall–Kier alpha value is -3.39. The molecule has 2 aromatic carbocycles.